The Morgan fingerprint density at radius 1 is 1.11 bits per heavy atom. The van der Waals surface area contributed by atoms with Gasteiger partial charge in [0.1, 0.15) is 5.75 Å². The number of anilines is 2. The van der Waals surface area contributed by atoms with Gasteiger partial charge in [0, 0.05) is 41.1 Å². The fourth-order valence-electron chi connectivity index (χ4n) is 4.34. The number of hydrogen-bond acceptors (Lipinski definition) is 5. The second kappa shape index (κ2) is 9.84. The molecule has 2 aromatic carbocycles. The number of benzene rings is 2. The van der Waals surface area contributed by atoms with E-state index >= 15 is 0 Å². The van der Waals surface area contributed by atoms with E-state index in [-0.39, 0.29) is 0 Å². The van der Waals surface area contributed by atoms with Crippen LogP contribution in [0.3, 0.4) is 0 Å². The first-order valence-corrected chi connectivity index (χ1v) is 12.0. The molecule has 1 aliphatic rings. The van der Waals surface area contributed by atoms with Gasteiger partial charge in [-0.3, -0.25) is 0 Å². The Labute approximate surface area is 208 Å². The molecule has 9 heteroatoms. The fourth-order valence-corrected chi connectivity index (χ4v) is 4.52. The summed E-state index contributed by atoms with van der Waals surface area (Å²) in [7, 11) is 0. The highest BCUT2D eigenvalue weighted by atomic mass is 35.5. The highest BCUT2D eigenvalue weighted by molar-refractivity contribution is 6.31. The maximum absolute atomic E-state index is 11.4. The van der Waals surface area contributed by atoms with Gasteiger partial charge < -0.3 is 20.1 Å². The van der Waals surface area contributed by atoms with Crippen molar-refractivity contribution in [3.63, 3.8) is 0 Å². The highest BCUT2D eigenvalue weighted by Crippen LogP contribution is 2.35. The summed E-state index contributed by atoms with van der Waals surface area (Å²) in [5, 5.41) is 17.9. The molecule has 0 spiro atoms. The molecule has 2 aromatic heterocycles. The molecule has 0 bridgehead atoms. The molecule has 5 rings (SSSR count). The molecule has 180 valence electrons. The van der Waals surface area contributed by atoms with E-state index in [1.165, 1.54) is 10.5 Å². The van der Waals surface area contributed by atoms with Gasteiger partial charge >= 0.3 is 6.09 Å². The van der Waals surface area contributed by atoms with Crippen LogP contribution in [0.25, 0.3) is 16.8 Å². The number of halogens is 1. The van der Waals surface area contributed by atoms with E-state index in [1.807, 2.05) is 48.7 Å². The topological polar surface area (TPSA) is 92.0 Å². The molecule has 0 atom stereocenters. The number of nitrogens with zero attached hydrogens (tertiary/aromatic N) is 4. The zero-order chi connectivity index (χ0) is 24.4. The van der Waals surface area contributed by atoms with Crippen LogP contribution < -0.4 is 10.1 Å². The standard InChI is InChI=1S/C26H26ClN5O3/c1-2-14-35-23-8-6-19(27)16-22(23)21-4-3-11-32-24(21)29-25(30-32)28-20-7-5-17-9-12-31(26(33)34)13-10-18(17)15-20/h3-8,11,15-16H,2,9-10,12-14H2,1H3,(H,28,30)(H,33,34). The summed E-state index contributed by atoms with van der Waals surface area (Å²) in [6.45, 7) is 3.68. The second-order valence-electron chi connectivity index (χ2n) is 8.49. The van der Waals surface area contributed by atoms with Crippen molar-refractivity contribution in [2.24, 2.45) is 0 Å². The maximum Gasteiger partial charge on any atom is 0.407 e. The number of nitrogens with one attached hydrogen (secondary N) is 1. The molecule has 0 radical (unpaired) electrons. The summed E-state index contributed by atoms with van der Waals surface area (Å²) in [4.78, 5) is 17.6. The van der Waals surface area contributed by atoms with E-state index in [0.717, 1.165) is 34.5 Å². The summed E-state index contributed by atoms with van der Waals surface area (Å²) < 4.78 is 7.69. The Bertz CT molecular complexity index is 1390. The monoisotopic (exact) mass is 491 g/mol. The van der Waals surface area contributed by atoms with Gasteiger partial charge in [-0.2, -0.15) is 4.98 Å². The lowest BCUT2D eigenvalue weighted by molar-refractivity contribution is 0.147. The summed E-state index contributed by atoms with van der Waals surface area (Å²) in [6, 6.07) is 15.6. The number of amides is 1. The highest BCUT2D eigenvalue weighted by Gasteiger charge is 2.19. The number of rotatable bonds is 6. The third-order valence-corrected chi connectivity index (χ3v) is 6.33. The Balaban J connectivity index is 1.44. The first kappa shape index (κ1) is 23.0. The van der Waals surface area contributed by atoms with Gasteiger partial charge in [0.15, 0.2) is 5.65 Å². The Kier molecular flexibility index (Phi) is 6.46. The Morgan fingerprint density at radius 2 is 1.94 bits per heavy atom. The predicted octanol–water partition coefficient (Wildman–Crippen LogP) is 5.66. The van der Waals surface area contributed by atoms with Crippen LogP contribution in [-0.2, 0) is 12.8 Å². The summed E-state index contributed by atoms with van der Waals surface area (Å²) in [6.07, 6.45) is 3.27. The molecule has 0 unspecified atom stereocenters. The maximum atomic E-state index is 11.4. The van der Waals surface area contributed by atoms with E-state index in [0.29, 0.717) is 49.2 Å². The minimum atomic E-state index is -0.871. The molecule has 0 fully saturated rings. The van der Waals surface area contributed by atoms with Crippen molar-refractivity contribution in [2.75, 3.05) is 25.0 Å². The SMILES string of the molecule is CCCOc1ccc(Cl)cc1-c1cccn2nc(Nc3ccc4c(c3)CCN(C(=O)O)CC4)nc12. The molecule has 35 heavy (non-hydrogen) atoms. The summed E-state index contributed by atoms with van der Waals surface area (Å²) in [5.74, 6) is 1.22. The van der Waals surface area contributed by atoms with Crippen molar-refractivity contribution in [1.29, 1.82) is 0 Å². The van der Waals surface area contributed by atoms with Gasteiger partial charge in [0.2, 0.25) is 5.95 Å². The molecule has 2 N–H and O–H groups in total. The first-order valence-electron chi connectivity index (χ1n) is 11.7. The third kappa shape index (κ3) is 4.88. The molecular weight excluding hydrogens is 466 g/mol. The Morgan fingerprint density at radius 3 is 2.74 bits per heavy atom. The van der Waals surface area contributed by atoms with Crippen LogP contribution in [0, 0.1) is 0 Å². The predicted molar refractivity (Wildman–Crippen MR) is 136 cm³/mol. The van der Waals surface area contributed by atoms with Crippen LogP contribution in [0.4, 0.5) is 16.4 Å². The lowest BCUT2D eigenvalue weighted by Crippen LogP contribution is -2.31. The zero-order valence-electron chi connectivity index (χ0n) is 19.4. The molecule has 0 saturated carbocycles. The van der Waals surface area contributed by atoms with Gasteiger partial charge in [-0.25, -0.2) is 9.31 Å². The van der Waals surface area contributed by atoms with E-state index in [9.17, 15) is 9.90 Å². The molecule has 8 nitrogen and oxygen atoms in total. The number of carbonyl (C=O) groups is 1. The molecule has 3 heterocycles. The van der Waals surface area contributed by atoms with Crippen molar-refractivity contribution >= 4 is 35.0 Å². The Hall–Kier alpha value is -3.78. The number of fused-ring (bicyclic) bond motifs is 2. The molecule has 1 amide bonds. The molecule has 1 aliphatic heterocycles. The minimum Gasteiger partial charge on any atom is -0.493 e. The average molecular weight is 492 g/mol. The smallest absolute Gasteiger partial charge is 0.407 e. The van der Waals surface area contributed by atoms with Crippen molar-refractivity contribution in [2.45, 2.75) is 26.2 Å². The van der Waals surface area contributed by atoms with Gasteiger partial charge in [-0.05, 0) is 72.9 Å². The van der Waals surface area contributed by atoms with E-state index < -0.39 is 6.09 Å². The quantitative estimate of drug-likeness (QED) is 0.361. The van der Waals surface area contributed by atoms with Gasteiger partial charge in [0.25, 0.3) is 0 Å². The van der Waals surface area contributed by atoms with Crippen LogP contribution >= 0.6 is 11.6 Å². The number of aromatic nitrogens is 3. The normalized spacial score (nSPS) is 13.4. The lowest BCUT2D eigenvalue weighted by Gasteiger charge is -2.14. The fraction of sp³-hybridized carbons (Fsp3) is 0.269. The number of carboxylic acid groups (broad SMARTS) is 1. The zero-order valence-corrected chi connectivity index (χ0v) is 20.1. The van der Waals surface area contributed by atoms with E-state index in [1.54, 1.807) is 4.52 Å². The van der Waals surface area contributed by atoms with Crippen molar-refractivity contribution in [3.8, 4) is 16.9 Å². The van der Waals surface area contributed by atoms with Crippen LogP contribution in [0.2, 0.25) is 5.02 Å². The number of ether oxygens (including phenoxy) is 1. The van der Waals surface area contributed by atoms with Gasteiger partial charge in [-0.15, -0.1) is 5.10 Å². The molecule has 0 aliphatic carbocycles. The summed E-state index contributed by atoms with van der Waals surface area (Å²) in [5.41, 5.74) is 5.59. The van der Waals surface area contributed by atoms with Crippen LogP contribution in [0.15, 0.2) is 54.7 Å². The van der Waals surface area contributed by atoms with Crippen LogP contribution in [0.1, 0.15) is 24.5 Å². The second-order valence-corrected chi connectivity index (χ2v) is 8.93. The third-order valence-electron chi connectivity index (χ3n) is 6.09. The average Bonchev–Trinajstić information content (AvgIpc) is 3.13. The van der Waals surface area contributed by atoms with Gasteiger partial charge in [0.05, 0.1) is 6.61 Å². The van der Waals surface area contributed by atoms with E-state index in [4.69, 9.17) is 21.3 Å². The summed E-state index contributed by atoms with van der Waals surface area (Å²) >= 11 is 6.31. The lowest BCUT2D eigenvalue weighted by atomic mass is 10.0. The first-order chi connectivity index (χ1) is 17.0. The van der Waals surface area contributed by atoms with E-state index in [2.05, 4.69) is 23.4 Å². The van der Waals surface area contributed by atoms with Crippen molar-refractivity contribution in [1.82, 2.24) is 19.5 Å². The number of pyridine rings is 1. The van der Waals surface area contributed by atoms with Crippen molar-refractivity contribution < 1.29 is 14.6 Å². The minimum absolute atomic E-state index is 0.469. The van der Waals surface area contributed by atoms with Crippen molar-refractivity contribution in [3.05, 3.63) is 70.9 Å². The number of hydrogen-bond donors (Lipinski definition) is 2. The molecule has 4 aromatic rings. The van der Waals surface area contributed by atoms with Crippen LogP contribution in [-0.4, -0.2) is 50.4 Å². The molecular formula is C26H26ClN5O3. The van der Waals surface area contributed by atoms with Gasteiger partial charge in [-0.1, -0.05) is 24.6 Å². The molecule has 0 saturated heterocycles. The largest absolute Gasteiger partial charge is 0.493 e. The van der Waals surface area contributed by atoms with Crippen LogP contribution in [0.5, 0.6) is 5.75 Å².